The molecule has 3 rings (SSSR count). The molecule has 10 heteroatoms. The van der Waals surface area contributed by atoms with E-state index in [1.54, 1.807) is 0 Å². The van der Waals surface area contributed by atoms with E-state index in [4.69, 9.17) is 0 Å². The molecule has 1 aliphatic heterocycles. The summed E-state index contributed by atoms with van der Waals surface area (Å²) in [6.45, 7) is 0.0554. The van der Waals surface area contributed by atoms with Gasteiger partial charge < -0.3 is 4.90 Å². The van der Waals surface area contributed by atoms with Gasteiger partial charge in [-0.3, -0.25) is 4.79 Å². The fourth-order valence-corrected chi connectivity index (χ4v) is 4.32. The SMILES string of the molecule is O=C(c1cccc(C(F)(F)F)c1)N1CCN(S(=O)(=O)c2ccc(F)cc2)CC1. The van der Waals surface area contributed by atoms with Crippen LogP contribution in [0.2, 0.25) is 0 Å². The van der Waals surface area contributed by atoms with Crippen LogP contribution in [0.15, 0.2) is 53.4 Å². The Labute approximate surface area is 159 Å². The summed E-state index contributed by atoms with van der Waals surface area (Å²) in [5.74, 6) is -1.15. The Balaban J connectivity index is 1.70. The smallest absolute Gasteiger partial charge is 0.336 e. The first-order chi connectivity index (χ1) is 13.1. The van der Waals surface area contributed by atoms with Gasteiger partial charge in [0, 0.05) is 31.7 Å². The van der Waals surface area contributed by atoms with Crippen molar-refractivity contribution in [1.29, 1.82) is 0 Å². The summed E-state index contributed by atoms with van der Waals surface area (Å²) < 4.78 is 77.8. The van der Waals surface area contributed by atoms with Crippen LogP contribution in [0, 0.1) is 5.82 Å². The molecule has 0 atom stereocenters. The molecular weight excluding hydrogens is 400 g/mol. The maximum Gasteiger partial charge on any atom is 0.416 e. The molecule has 150 valence electrons. The molecule has 28 heavy (non-hydrogen) atoms. The topological polar surface area (TPSA) is 57.7 Å². The van der Waals surface area contributed by atoms with Crippen molar-refractivity contribution in [3.8, 4) is 0 Å². The Morgan fingerprint density at radius 1 is 0.929 bits per heavy atom. The van der Waals surface area contributed by atoms with Crippen molar-refractivity contribution in [1.82, 2.24) is 9.21 Å². The zero-order valence-corrected chi connectivity index (χ0v) is 15.3. The lowest BCUT2D eigenvalue weighted by Crippen LogP contribution is -2.50. The van der Waals surface area contributed by atoms with Gasteiger partial charge in [0.25, 0.3) is 5.91 Å². The van der Waals surface area contributed by atoms with Gasteiger partial charge in [0.1, 0.15) is 5.82 Å². The van der Waals surface area contributed by atoms with E-state index in [0.717, 1.165) is 46.8 Å². The number of rotatable bonds is 3. The highest BCUT2D eigenvalue weighted by Crippen LogP contribution is 2.30. The molecule has 1 saturated heterocycles. The van der Waals surface area contributed by atoms with Crippen LogP contribution in [-0.4, -0.2) is 49.7 Å². The number of halogens is 4. The third-order valence-electron chi connectivity index (χ3n) is 4.41. The molecule has 0 saturated carbocycles. The maximum atomic E-state index is 13.0. The van der Waals surface area contributed by atoms with Crippen molar-refractivity contribution in [2.75, 3.05) is 26.2 Å². The molecule has 0 spiro atoms. The van der Waals surface area contributed by atoms with Crippen LogP contribution in [-0.2, 0) is 16.2 Å². The van der Waals surface area contributed by atoms with Crippen molar-refractivity contribution >= 4 is 15.9 Å². The monoisotopic (exact) mass is 416 g/mol. The predicted molar refractivity (Wildman–Crippen MR) is 92.5 cm³/mol. The molecule has 5 nitrogen and oxygen atoms in total. The zero-order chi connectivity index (χ0) is 20.5. The number of sulfonamides is 1. The summed E-state index contributed by atoms with van der Waals surface area (Å²) in [5.41, 5.74) is -1.03. The number of nitrogens with zero attached hydrogens (tertiary/aromatic N) is 2. The molecule has 0 aromatic heterocycles. The lowest BCUT2D eigenvalue weighted by atomic mass is 10.1. The molecule has 0 unspecified atom stereocenters. The molecule has 2 aromatic rings. The van der Waals surface area contributed by atoms with Crippen molar-refractivity contribution in [3.63, 3.8) is 0 Å². The predicted octanol–water partition coefficient (Wildman–Crippen LogP) is 2.99. The average Bonchev–Trinajstić information content (AvgIpc) is 2.67. The second-order valence-electron chi connectivity index (χ2n) is 6.23. The number of hydrogen-bond acceptors (Lipinski definition) is 3. The van der Waals surface area contributed by atoms with Gasteiger partial charge in [0.15, 0.2) is 0 Å². The van der Waals surface area contributed by atoms with E-state index in [-0.39, 0.29) is 36.6 Å². The number of carbonyl (C=O) groups excluding carboxylic acids is 1. The first kappa shape index (κ1) is 20.3. The Morgan fingerprint density at radius 3 is 2.11 bits per heavy atom. The molecule has 0 radical (unpaired) electrons. The number of hydrogen-bond donors (Lipinski definition) is 0. The van der Waals surface area contributed by atoms with Gasteiger partial charge in [-0.15, -0.1) is 0 Å². The van der Waals surface area contributed by atoms with Crippen molar-refractivity contribution in [3.05, 3.63) is 65.5 Å². The molecule has 2 aromatic carbocycles. The highest BCUT2D eigenvalue weighted by atomic mass is 32.2. The van der Waals surface area contributed by atoms with Crippen LogP contribution in [0.5, 0.6) is 0 Å². The van der Waals surface area contributed by atoms with Crippen molar-refractivity contribution in [2.24, 2.45) is 0 Å². The highest BCUT2D eigenvalue weighted by Gasteiger charge is 2.33. The first-order valence-electron chi connectivity index (χ1n) is 8.31. The Bertz CT molecular complexity index is 967. The summed E-state index contributed by atoms with van der Waals surface area (Å²) in [5, 5.41) is 0. The van der Waals surface area contributed by atoms with E-state index >= 15 is 0 Å². The van der Waals surface area contributed by atoms with Crippen LogP contribution < -0.4 is 0 Å². The fourth-order valence-electron chi connectivity index (χ4n) is 2.90. The molecule has 1 amide bonds. The lowest BCUT2D eigenvalue weighted by molar-refractivity contribution is -0.137. The summed E-state index contributed by atoms with van der Waals surface area (Å²) in [6, 6.07) is 8.51. The maximum absolute atomic E-state index is 13.0. The standard InChI is InChI=1S/C18H16F4N2O3S/c19-15-4-6-16(7-5-15)28(26,27)24-10-8-23(9-11-24)17(25)13-2-1-3-14(12-13)18(20,21)22/h1-7,12H,8-11H2. The number of piperazine rings is 1. The second-order valence-corrected chi connectivity index (χ2v) is 8.17. The average molecular weight is 416 g/mol. The van der Waals surface area contributed by atoms with E-state index in [1.165, 1.54) is 11.0 Å². The summed E-state index contributed by atoms with van der Waals surface area (Å²) in [7, 11) is -3.84. The molecule has 0 bridgehead atoms. The largest absolute Gasteiger partial charge is 0.416 e. The van der Waals surface area contributed by atoms with Gasteiger partial charge in [-0.2, -0.15) is 17.5 Å². The highest BCUT2D eigenvalue weighted by molar-refractivity contribution is 7.89. The van der Waals surface area contributed by atoms with E-state index in [0.29, 0.717) is 0 Å². The van der Waals surface area contributed by atoms with E-state index < -0.39 is 33.5 Å². The van der Waals surface area contributed by atoms with Gasteiger partial charge in [-0.1, -0.05) is 6.07 Å². The van der Waals surface area contributed by atoms with Crippen LogP contribution in [0.4, 0.5) is 17.6 Å². The first-order valence-corrected chi connectivity index (χ1v) is 9.75. The lowest BCUT2D eigenvalue weighted by Gasteiger charge is -2.34. The third-order valence-corrected chi connectivity index (χ3v) is 6.33. The van der Waals surface area contributed by atoms with E-state index in [2.05, 4.69) is 0 Å². The van der Waals surface area contributed by atoms with Crippen molar-refractivity contribution < 1.29 is 30.8 Å². The van der Waals surface area contributed by atoms with E-state index in [1.807, 2.05) is 0 Å². The summed E-state index contributed by atoms with van der Waals surface area (Å²) in [6.07, 6.45) is -4.56. The number of carbonyl (C=O) groups is 1. The van der Waals surface area contributed by atoms with Crippen LogP contribution in [0.1, 0.15) is 15.9 Å². The van der Waals surface area contributed by atoms with E-state index in [9.17, 15) is 30.8 Å². The van der Waals surface area contributed by atoms with Gasteiger partial charge in [0.05, 0.1) is 10.5 Å². The molecule has 0 N–H and O–H groups in total. The quantitative estimate of drug-likeness (QED) is 0.723. The minimum absolute atomic E-state index is 0.00951. The Morgan fingerprint density at radius 2 is 1.54 bits per heavy atom. The molecule has 1 aliphatic rings. The molecule has 1 heterocycles. The van der Waals surface area contributed by atoms with Gasteiger partial charge >= 0.3 is 6.18 Å². The van der Waals surface area contributed by atoms with Crippen molar-refractivity contribution in [2.45, 2.75) is 11.1 Å². The number of benzene rings is 2. The minimum Gasteiger partial charge on any atom is -0.336 e. The molecule has 0 aliphatic carbocycles. The zero-order valence-electron chi connectivity index (χ0n) is 14.5. The number of alkyl halides is 3. The molecular formula is C18H16F4N2O3S. The second kappa shape index (κ2) is 7.51. The fraction of sp³-hybridized carbons (Fsp3) is 0.278. The third kappa shape index (κ3) is 4.17. The van der Waals surface area contributed by atoms with Crippen LogP contribution >= 0.6 is 0 Å². The summed E-state index contributed by atoms with van der Waals surface area (Å²) in [4.78, 5) is 13.7. The Kier molecular flexibility index (Phi) is 5.44. The van der Waals surface area contributed by atoms with Gasteiger partial charge in [-0.25, -0.2) is 12.8 Å². The van der Waals surface area contributed by atoms with Crippen LogP contribution in [0.25, 0.3) is 0 Å². The van der Waals surface area contributed by atoms with Crippen LogP contribution in [0.3, 0.4) is 0 Å². The normalized spacial score (nSPS) is 16.2. The summed E-state index contributed by atoms with van der Waals surface area (Å²) >= 11 is 0. The minimum atomic E-state index is -4.56. The molecule has 1 fully saturated rings. The Hall–Kier alpha value is -2.46. The van der Waals surface area contributed by atoms with Gasteiger partial charge in [-0.05, 0) is 42.5 Å². The number of amides is 1. The van der Waals surface area contributed by atoms with Gasteiger partial charge in [0.2, 0.25) is 10.0 Å².